The summed E-state index contributed by atoms with van der Waals surface area (Å²) in [6.07, 6.45) is 4.15. The highest BCUT2D eigenvalue weighted by molar-refractivity contribution is 5.68. The Kier molecular flexibility index (Phi) is 5.90. The van der Waals surface area contributed by atoms with Gasteiger partial charge in [0.05, 0.1) is 0 Å². The van der Waals surface area contributed by atoms with Gasteiger partial charge in [-0.05, 0) is 56.8 Å². The van der Waals surface area contributed by atoms with E-state index >= 15 is 0 Å². The number of amides is 1. The van der Waals surface area contributed by atoms with Gasteiger partial charge in [0.1, 0.15) is 5.60 Å². The summed E-state index contributed by atoms with van der Waals surface area (Å²) in [5.41, 5.74) is 1.23. The van der Waals surface area contributed by atoms with E-state index in [1.165, 1.54) is 5.57 Å². The van der Waals surface area contributed by atoms with Gasteiger partial charge in [0.25, 0.3) is 0 Å². The third kappa shape index (κ3) is 6.14. The first kappa shape index (κ1) is 21.1. The van der Waals surface area contributed by atoms with E-state index in [1.54, 1.807) is 0 Å². The highest BCUT2D eigenvalue weighted by Gasteiger charge is 2.40. The molecule has 1 amide bonds. The van der Waals surface area contributed by atoms with Crippen molar-refractivity contribution in [1.29, 1.82) is 0 Å². The van der Waals surface area contributed by atoms with Crippen LogP contribution in [0.3, 0.4) is 0 Å². The number of rotatable bonds is 0. The molecule has 0 radical (unpaired) electrons. The molecule has 1 heterocycles. The van der Waals surface area contributed by atoms with Crippen LogP contribution in [0.5, 0.6) is 0 Å². The van der Waals surface area contributed by atoms with Crippen molar-refractivity contribution in [3.05, 3.63) is 11.6 Å². The number of hydrogen-bond acceptors (Lipinski definition) is 2. The molecule has 0 spiro atoms. The third-order valence-electron chi connectivity index (χ3n) is 4.70. The Labute approximate surface area is 149 Å². The molecule has 0 aliphatic carbocycles. The van der Waals surface area contributed by atoms with Crippen molar-refractivity contribution < 1.29 is 9.53 Å². The summed E-state index contributed by atoms with van der Waals surface area (Å²) in [6.45, 7) is 23.1. The molecule has 140 valence electrons. The average Bonchev–Trinajstić information content (AvgIpc) is 2.32. The van der Waals surface area contributed by atoms with Crippen LogP contribution in [0.2, 0.25) is 0 Å². The van der Waals surface area contributed by atoms with Gasteiger partial charge >= 0.3 is 6.09 Å². The van der Waals surface area contributed by atoms with Crippen LogP contribution >= 0.6 is 0 Å². The minimum atomic E-state index is -0.461. The average molecular weight is 338 g/mol. The number of carbonyl (C=O) groups is 1. The van der Waals surface area contributed by atoms with Gasteiger partial charge in [-0.25, -0.2) is 4.79 Å². The lowest BCUT2D eigenvalue weighted by Gasteiger charge is -2.38. The van der Waals surface area contributed by atoms with E-state index < -0.39 is 5.60 Å². The first-order valence-corrected chi connectivity index (χ1v) is 9.21. The van der Waals surface area contributed by atoms with Crippen molar-refractivity contribution in [2.45, 2.75) is 87.7 Å². The SMILES string of the molecule is C/C=C1\CC(C)(C)CN(C(=O)OC(C)(C)C)CC(C)(C)CC1(C)C. The Bertz CT molecular complexity index is 492. The molecule has 1 rings (SSSR count). The number of hydrogen-bond donors (Lipinski definition) is 0. The molecule has 0 N–H and O–H groups in total. The van der Waals surface area contributed by atoms with Gasteiger partial charge in [0, 0.05) is 13.1 Å². The summed E-state index contributed by atoms with van der Waals surface area (Å²) in [6, 6.07) is 0. The fraction of sp³-hybridized carbons (Fsp3) is 0.857. The molecule has 0 bridgehead atoms. The van der Waals surface area contributed by atoms with E-state index in [9.17, 15) is 4.79 Å². The Morgan fingerprint density at radius 2 is 1.54 bits per heavy atom. The molecule has 0 unspecified atom stereocenters. The Morgan fingerprint density at radius 3 is 2.00 bits per heavy atom. The van der Waals surface area contributed by atoms with E-state index in [0.717, 1.165) is 25.9 Å². The molecule has 3 nitrogen and oxygen atoms in total. The Hall–Kier alpha value is -0.990. The molecule has 0 atom stereocenters. The monoisotopic (exact) mass is 337 g/mol. The van der Waals surface area contributed by atoms with Crippen LogP contribution in [0.4, 0.5) is 4.79 Å². The maximum absolute atomic E-state index is 12.8. The van der Waals surface area contributed by atoms with E-state index in [-0.39, 0.29) is 22.3 Å². The summed E-state index contributed by atoms with van der Waals surface area (Å²) in [4.78, 5) is 14.7. The summed E-state index contributed by atoms with van der Waals surface area (Å²) in [5, 5.41) is 0. The number of carbonyl (C=O) groups excluding carboxylic acids is 1. The first-order valence-electron chi connectivity index (χ1n) is 9.21. The predicted octanol–water partition coefficient (Wildman–Crippen LogP) is 6.04. The van der Waals surface area contributed by atoms with Gasteiger partial charge in [-0.15, -0.1) is 0 Å². The fourth-order valence-corrected chi connectivity index (χ4v) is 4.21. The van der Waals surface area contributed by atoms with Crippen molar-refractivity contribution in [2.75, 3.05) is 13.1 Å². The second kappa shape index (κ2) is 6.72. The van der Waals surface area contributed by atoms with Crippen molar-refractivity contribution in [1.82, 2.24) is 4.90 Å². The predicted molar refractivity (Wildman–Crippen MR) is 102 cm³/mol. The minimum Gasteiger partial charge on any atom is -0.444 e. The number of ether oxygens (including phenoxy) is 1. The molecule has 0 aromatic heterocycles. The van der Waals surface area contributed by atoms with Crippen LogP contribution in [-0.2, 0) is 4.74 Å². The highest BCUT2D eigenvalue weighted by Crippen LogP contribution is 2.45. The van der Waals surface area contributed by atoms with Crippen LogP contribution < -0.4 is 0 Å². The maximum atomic E-state index is 12.8. The first-order chi connectivity index (χ1) is 10.6. The zero-order valence-corrected chi connectivity index (χ0v) is 17.7. The van der Waals surface area contributed by atoms with Crippen LogP contribution in [0.15, 0.2) is 11.6 Å². The van der Waals surface area contributed by atoms with Crippen LogP contribution in [0, 0.1) is 16.2 Å². The summed E-state index contributed by atoms with van der Waals surface area (Å²) >= 11 is 0. The molecular formula is C21H39NO2. The van der Waals surface area contributed by atoms with Gasteiger partial charge in [-0.3, -0.25) is 0 Å². The summed E-state index contributed by atoms with van der Waals surface area (Å²) in [7, 11) is 0. The molecule has 1 fully saturated rings. The number of allylic oxidation sites excluding steroid dienone is 2. The van der Waals surface area contributed by atoms with Gasteiger partial charge < -0.3 is 9.64 Å². The molecule has 24 heavy (non-hydrogen) atoms. The molecule has 0 aromatic rings. The Balaban J connectivity index is 3.20. The molecule has 1 saturated heterocycles. The van der Waals surface area contributed by atoms with Gasteiger partial charge in [0.15, 0.2) is 0 Å². The zero-order chi connectivity index (χ0) is 19.0. The molecular weight excluding hydrogens is 298 g/mol. The molecule has 0 aromatic carbocycles. The van der Waals surface area contributed by atoms with E-state index in [4.69, 9.17) is 4.74 Å². The van der Waals surface area contributed by atoms with Crippen LogP contribution in [0.25, 0.3) is 0 Å². The smallest absolute Gasteiger partial charge is 0.410 e. The van der Waals surface area contributed by atoms with Crippen molar-refractivity contribution in [3.8, 4) is 0 Å². The lowest BCUT2D eigenvalue weighted by atomic mass is 9.68. The topological polar surface area (TPSA) is 29.5 Å². The van der Waals surface area contributed by atoms with E-state index in [1.807, 2.05) is 25.7 Å². The Morgan fingerprint density at radius 1 is 1.04 bits per heavy atom. The minimum absolute atomic E-state index is 0.0242. The molecule has 0 saturated carbocycles. The largest absolute Gasteiger partial charge is 0.444 e. The quantitative estimate of drug-likeness (QED) is 0.504. The van der Waals surface area contributed by atoms with Crippen molar-refractivity contribution in [2.24, 2.45) is 16.2 Å². The molecule has 1 aliphatic rings. The van der Waals surface area contributed by atoms with Crippen molar-refractivity contribution in [3.63, 3.8) is 0 Å². The second-order valence-electron chi connectivity index (χ2n) is 10.7. The van der Waals surface area contributed by atoms with Crippen LogP contribution in [-0.4, -0.2) is 29.7 Å². The zero-order valence-electron chi connectivity index (χ0n) is 17.7. The van der Waals surface area contributed by atoms with Gasteiger partial charge in [-0.1, -0.05) is 53.2 Å². The lowest BCUT2D eigenvalue weighted by Crippen LogP contribution is -2.45. The van der Waals surface area contributed by atoms with E-state index in [2.05, 4.69) is 54.5 Å². The lowest BCUT2D eigenvalue weighted by molar-refractivity contribution is 0.00911. The standard InChI is InChI=1S/C21H39NO2/c1-11-16-12-19(5,6)14-22(17(23)24-18(2,3)4)15-20(7,8)13-21(16,9)10/h11H,12-15H2,1-10H3/b16-11+. The second-order valence-corrected chi connectivity index (χ2v) is 10.7. The number of nitrogens with zero attached hydrogens (tertiary/aromatic N) is 1. The third-order valence-corrected chi connectivity index (χ3v) is 4.70. The maximum Gasteiger partial charge on any atom is 0.410 e. The normalized spacial score (nSPS) is 25.6. The highest BCUT2D eigenvalue weighted by atomic mass is 16.6. The van der Waals surface area contributed by atoms with Gasteiger partial charge in [-0.2, -0.15) is 0 Å². The summed E-state index contributed by atoms with van der Waals surface area (Å²) in [5.74, 6) is 0. The molecule has 3 heteroatoms. The summed E-state index contributed by atoms with van der Waals surface area (Å²) < 4.78 is 5.68. The van der Waals surface area contributed by atoms with Crippen molar-refractivity contribution >= 4 is 6.09 Å². The fourth-order valence-electron chi connectivity index (χ4n) is 4.21. The van der Waals surface area contributed by atoms with Gasteiger partial charge in [0.2, 0.25) is 0 Å². The van der Waals surface area contributed by atoms with Crippen LogP contribution in [0.1, 0.15) is 82.1 Å². The van der Waals surface area contributed by atoms with E-state index in [0.29, 0.717) is 0 Å². The molecule has 1 aliphatic heterocycles.